The highest BCUT2D eigenvalue weighted by atomic mass is 15.1. The van der Waals surface area contributed by atoms with E-state index in [-0.39, 0.29) is 0 Å². The predicted octanol–water partition coefficient (Wildman–Crippen LogP) is 3.38. The minimum absolute atomic E-state index is 0.603. The van der Waals surface area contributed by atoms with Crippen molar-refractivity contribution in [2.45, 2.75) is 20.8 Å². The molecule has 0 aliphatic heterocycles. The van der Waals surface area contributed by atoms with Gasteiger partial charge >= 0.3 is 0 Å². The van der Waals surface area contributed by atoms with Gasteiger partial charge in [0.2, 0.25) is 5.95 Å². The smallest absolute Gasteiger partial charge is 0.224 e. The van der Waals surface area contributed by atoms with Crippen LogP contribution >= 0.6 is 0 Å². The maximum Gasteiger partial charge on any atom is 0.224 e. The van der Waals surface area contributed by atoms with Crippen LogP contribution in [0.25, 0.3) is 10.9 Å². The summed E-state index contributed by atoms with van der Waals surface area (Å²) in [7, 11) is 1.84. The monoisotopic (exact) mass is 258 g/mol. The molecule has 2 aromatic rings. The molecule has 4 heteroatoms. The molecule has 0 amide bonds. The lowest BCUT2D eigenvalue weighted by Gasteiger charge is -2.17. The molecule has 0 aliphatic carbocycles. The molecule has 4 nitrogen and oxygen atoms in total. The molecule has 1 aromatic carbocycles. The molecule has 2 rings (SSSR count). The SMILES string of the molecule is CNc1nc(NCC(C)C(C)C)c2ccccc2n1. The van der Waals surface area contributed by atoms with E-state index in [4.69, 9.17) is 0 Å². The van der Waals surface area contributed by atoms with E-state index in [1.165, 1.54) is 0 Å². The molecule has 0 bridgehead atoms. The fourth-order valence-electron chi connectivity index (χ4n) is 1.82. The second-order valence-electron chi connectivity index (χ2n) is 5.27. The highest BCUT2D eigenvalue weighted by molar-refractivity contribution is 5.89. The summed E-state index contributed by atoms with van der Waals surface area (Å²) >= 11 is 0. The van der Waals surface area contributed by atoms with Crippen molar-refractivity contribution in [3.63, 3.8) is 0 Å². The Morgan fingerprint density at radius 2 is 1.84 bits per heavy atom. The van der Waals surface area contributed by atoms with E-state index in [1.54, 1.807) is 0 Å². The Balaban J connectivity index is 2.30. The zero-order chi connectivity index (χ0) is 13.8. The van der Waals surface area contributed by atoms with Gasteiger partial charge in [0.25, 0.3) is 0 Å². The molecule has 1 atom stereocenters. The van der Waals surface area contributed by atoms with Crippen molar-refractivity contribution in [1.29, 1.82) is 0 Å². The van der Waals surface area contributed by atoms with Gasteiger partial charge in [-0.1, -0.05) is 32.9 Å². The number of hydrogen-bond donors (Lipinski definition) is 2. The van der Waals surface area contributed by atoms with Crippen LogP contribution in [-0.2, 0) is 0 Å². The van der Waals surface area contributed by atoms with Crippen molar-refractivity contribution in [1.82, 2.24) is 9.97 Å². The number of aromatic nitrogens is 2. The van der Waals surface area contributed by atoms with Crippen LogP contribution < -0.4 is 10.6 Å². The van der Waals surface area contributed by atoms with Crippen LogP contribution in [0.4, 0.5) is 11.8 Å². The van der Waals surface area contributed by atoms with Gasteiger partial charge in [0, 0.05) is 19.0 Å². The third-order valence-electron chi connectivity index (χ3n) is 3.56. The summed E-state index contributed by atoms with van der Waals surface area (Å²) in [5, 5.41) is 7.53. The van der Waals surface area contributed by atoms with Crippen LogP contribution in [0, 0.1) is 11.8 Å². The van der Waals surface area contributed by atoms with Crippen molar-refractivity contribution in [2.24, 2.45) is 11.8 Å². The third-order valence-corrected chi connectivity index (χ3v) is 3.56. The molecule has 0 aliphatic rings. The van der Waals surface area contributed by atoms with Gasteiger partial charge < -0.3 is 10.6 Å². The van der Waals surface area contributed by atoms with Gasteiger partial charge in [-0.2, -0.15) is 4.98 Å². The van der Waals surface area contributed by atoms with Crippen LogP contribution in [0.5, 0.6) is 0 Å². The van der Waals surface area contributed by atoms with E-state index in [9.17, 15) is 0 Å². The zero-order valence-electron chi connectivity index (χ0n) is 12.1. The standard InChI is InChI=1S/C15H22N4/c1-10(2)11(3)9-17-14-12-7-5-6-8-13(12)18-15(16-4)19-14/h5-8,10-11H,9H2,1-4H3,(H2,16,17,18,19). The molecule has 0 saturated heterocycles. The topological polar surface area (TPSA) is 49.8 Å². The molecular weight excluding hydrogens is 236 g/mol. The summed E-state index contributed by atoms with van der Waals surface area (Å²) < 4.78 is 0. The number of nitrogens with zero attached hydrogens (tertiary/aromatic N) is 2. The Kier molecular flexibility index (Phi) is 4.20. The summed E-state index contributed by atoms with van der Waals surface area (Å²) in [5.41, 5.74) is 0.960. The highest BCUT2D eigenvalue weighted by Gasteiger charge is 2.10. The first-order chi connectivity index (χ1) is 9.11. The molecule has 1 aromatic heterocycles. The van der Waals surface area contributed by atoms with E-state index < -0.39 is 0 Å². The summed E-state index contributed by atoms with van der Waals surface area (Å²) in [6, 6.07) is 8.07. The highest BCUT2D eigenvalue weighted by Crippen LogP contribution is 2.22. The van der Waals surface area contributed by atoms with Crippen molar-refractivity contribution in [3.8, 4) is 0 Å². The number of para-hydroxylation sites is 1. The quantitative estimate of drug-likeness (QED) is 0.863. The van der Waals surface area contributed by atoms with E-state index in [0.29, 0.717) is 17.8 Å². The summed E-state index contributed by atoms with van der Waals surface area (Å²) in [6.45, 7) is 7.65. The second-order valence-corrected chi connectivity index (χ2v) is 5.27. The Bertz CT molecular complexity index is 551. The van der Waals surface area contributed by atoms with Gasteiger partial charge in [-0.15, -0.1) is 0 Å². The molecule has 19 heavy (non-hydrogen) atoms. The first-order valence-corrected chi connectivity index (χ1v) is 6.80. The first-order valence-electron chi connectivity index (χ1n) is 6.80. The van der Waals surface area contributed by atoms with E-state index in [0.717, 1.165) is 23.3 Å². The zero-order valence-corrected chi connectivity index (χ0v) is 12.1. The minimum atomic E-state index is 0.603. The van der Waals surface area contributed by atoms with Crippen LogP contribution in [0.1, 0.15) is 20.8 Å². The van der Waals surface area contributed by atoms with Gasteiger partial charge in [0.05, 0.1) is 5.52 Å². The lowest BCUT2D eigenvalue weighted by molar-refractivity contribution is 0.439. The number of fused-ring (bicyclic) bond motifs is 1. The van der Waals surface area contributed by atoms with Crippen LogP contribution in [-0.4, -0.2) is 23.6 Å². The molecule has 1 unspecified atom stereocenters. The normalized spacial score (nSPS) is 12.7. The van der Waals surface area contributed by atoms with E-state index in [2.05, 4.69) is 47.4 Å². The van der Waals surface area contributed by atoms with Crippen molar-refractivity contribution >= 4 is 22.7 Å². The van der Waals surface area contributed by atoms with Crippen molar-refractivity contribution in [2.75, 3.05) is 24.2 Å². The fraction of sp³-hybridized carbons (Fsp3) is 0.467. The molecular formula is C15H22N4. The summed E-state index contributed by atoms with van der Waals surface area (Å²) in [5.74, 6) is 2.82. The predicted molar refractivity (Wildman–Crippen MR) is 81.6 cm³/mol. The van der Waals surface area contributed by atoms with Gasteiger partial charge in [0.1, 0.15) is 5.82 Å². The van der Waals surface area contributed by atoms with Gasteiger partial charge in [-0.05, 0) is 24.0 Å². The van der Waals surface area contributed by atoms with Crippen LogP contribution in [0.15, 0.2) is 24.3 Å². The first kappa shape index (κ1) is 13.6. The molecule has 0 spiro atoms. The summed E-state index contributed by atoms with van der Waals surface area (Å²) in [4.78, 5) is 8.97. The van der Waals surface area contributed by atoms with E-state index in [1.807, 2.05) is 25.2 Å². The van der Waals surface area contributed by atoms with Gasteiger partial charge in [0.15, 0.2) is 0 Å². The second kappa shape index (κ2) is 5.87. The molecule has 0 radical (unpaired) electrons. The lowest BCUT2D eigenvalue weighted by Crippen LogP contribution is -2.17. The molecule has 102 valence electrons. The largest absolute Gasteiger partial charge is 0.369 e. The molecule has 1 heterocycles. The number of hydrogen-bond acceptors (Lipinski definition) is 4. The van der Waals surface area contributed by atoms with Crippen molar-refractivity contribution < 1.29 is 0 Å². The molecule has 0 fully saturated rings. The minimum Gasteiger partial charge on any atom is -0.369 e. The lowest BCUT2D eigenvalue weighted by atomic mass is 9.98. The fourth-order valence-corrected chi connectivity index (χ4v) is 1.82. The van der Waals surface area contributed by atoms with Crippen LogP contribution in [0.3, 0.4) is 0 Å². The van der Waals surface area contributed by atoms with Gasteiger partial charge in [-0.25, -0.2) is 4.98 Å². The average molecular weight is 258 g/mol. The Labute approximate surface area is 114 Å². The maximum absolute atomic E-state index is 4.52. The molecule has 0 saturated carbocycles. The Morgan fingerprint density at radius 3 is 2.53 bits per heavy atom. The van der Waals surface area contributed by atoms with E-state index >= 15 is 0 Å². The Hall–Kier alpha value is -1.84. The Morgan fingerprint density at radius 1 is 1.11 bits per heavy atom. The average Bonchev–Trinajstić information content (AvgIpc) is 2.43. The number of rotatable bonds is 5. The van der Waals surface area contributed by atoms with Gasteiger partial charge in [-0.3, -0.25) is 0 Å². The number of nitrogens with one attached hydrogen (secondary N) is 2. The summed E-state index contributed by atoms with van der Waals surface area (Å²) in [6.07, 6.45) is 0. The molecule has 2 N–H and O–H groups in total. The van der Waals surface area contributed by atoms with Crippen LogP contribution in [0.2, 0.25) is 0 Å². The third kappa shape index (κ3) is 3.13. The number of benzene rings is 1. The maximum atomic E-state index is 4.52. The van der Waals surface area contributed by atoms with Crippen molar-refractivity contribution in [3.05, 3.63) is 24.3 Å². The number of anilines is 2.